The number of hydrogen-bond acceptors (Lipinski definition) is 5. The SMILES string of the molecule is CC(C)(C)OC(=O)N(CC#Cc1ccc(F)c(C(=O)O)c1F)S(N)(=O)=O. The molecule has 1 rings (SSSR count). The second-order valence-electron chi connectivity index (χ2n) is 5.92. The average molecular weight is 390 g/mol. The molecule has 0 radical (unpaired) electrons. The standard InChI is InChI=1S/C15H16F2N2O6S/c1-15(2,3)25-14(22)19(26(18,23)24)8-4-5-9-6-7-10(16)11(12(9)17)13(20)21/h6-7H,8H2,1-3H3,(H,20,21)(H2,18,23,24). The fraction of sp³-hybridized carbons (Fsp3) is 0.333. The number of nitrogens with two attached hydrogens (primary N) is 1. The zero-order valence-electron chi connectivity index (χ0n) is 14.0. The predicted molar refractivity (Wildman–Crippen MR) is 86.2 cm³/mol. The quantitative estimate of drug-likeness (QED) is 0.752. The first kappa shape index (κ1) is 21.3. The van der Waals surface area contributed by atoms with E-state index in [-0.39, 0.29) is 4.31 Å². The van der Waals surface area contributed by atoms with Gasteiger partial charge in [-0.25, -0.2) is 23.5 Å². The largest absolute Gasteiger partial charge is 0.477 e. The van der Waals surface area contributed by atoms with Gasteiger partial charge in [0.15, 0.2) is 5.82 Å². The first-order valence-electron chi connectivity index (χ1n) is 6.97. The highest BCUT2D eigenvalue weighted by atomic mass is 32.2. The maximum Gasteiger partial charge on any atom is 0.426 e. The fourth-order valence-electron chi connectivity index (χ4n) is 1.62. The van der Waals surface area contributed by atoms with E-state index in [1.54, 1.807) is 0 Å². The molecule has 0 spiro atoms. The highest BCUT2D eigenvalue weighted by Crippen LogP contribution is 2.16. The zero-order valence-corrected chi connectivity index (χ0v) is 14.9. The molecular formula is C15H16F2N2O6S. The van der Waals surface area contributed by atoms with E-state index in [4.69, 9.17) is 15.0 Å². The van der Waals surface area contributed by atoms with Crippen molar-refractivity contribution in [2.45, 2.75) is 26.4 Å². The first-order chi connectivity index (χ1) is 11.7. The van der Waals surface area contributed by atoms with Crippen LogP contribution >= 0.6 is 0 Å². The van der Waals surface area contributed by atoms with Crippen LogP contribution in [0, 0.1) is 23.5 Å². The molecule has 1 amide bonds. The van der Waals surface area contributed by atoms with Gasteiger partial charge in [-0.2, -0.15) is 12.7 Å². The van der Waals surface area contributed by atoms with Crippen LogP contribution < -0.4 is 5.14 Å². The van der Waals surface area contributed by atoms with Gasteiger partial charge < -0.3 is 9.84 Å². The van der Waals surface area contributed by atoms with Crippen LogP contribution in [0.4, 0.5) is 13.6 Å². The molecule has 11 heteroatoms. The molecule has 0 aliphatic heterocycles. The van der Waals surface area contributed by atoms with Crippen LogP contribution in [-0.2, 0) is 14.9 Å². The maximum absolute atomic E-state index is 14.0. The van der Waals surface area contributed by atoms with E-state index >= 15 is 0 Å². The fourth-order valence-corrected chi connectivity index (χ4v) is 2.11. The molecule has 1 aromatic rings. The zero-order chi connectivity index (χ0) is 20.3. The van der Waals surface area contributed by atoms with E-state index in [0.717, 1.165) is 6.07 Å². The normalized spacial score (nSPS) is 11.3. The lowest BCUT2D eigenvalue weighted by Crippen LogP contribution is -2.44. The Morgan fingerprint density at radius 1 is 1.31 bits per heavy atom. The molecule has 0 aromatic heterocycles. The van der Waals surface area contributed by atoms with Crippen LogP contribution in [0.3, 0.4) is 0 Å². The van der Waals surface area contributed by atoms with Gasteiger partial charge in [0.1, 0.15) is 23.5 Å². The first-order valence-corrected chi connectivity index (χ1v) is 8.48. The van der Waals surface area contributed by atoms with E-state index in [2.05, 4.69) is 11.8 Å². The van der Waals surface area contributed by atoms with Crippen LogP contribution in [0.25, 0.3) is 0 Å². The Morgan fingerprint density at radius 3 is 2.35 bits per heavy atom. The number of benzene rings is 1. The van der Waals surface area contributed by atoms with Crippen LogP contribution in [0.15, 0.2) is 12.1 Å². The van der Waals surface area contributed by atoms with Crippen LogP contribution in [0.1, 0.15) is 36.7 Å². The summed E-state index contributed by atoms with van der Waals surface area (Å²) < 4.78 is 55.2. The molecule has 3 N–H and O–H groups in total. The monoisotopic (exact) mass is 390 g/mol. The van der Waals surface area contributed by atoms with Gasteiger partial charge in [-0.05, 0) is 32.9 Å². The number of ether oxygens (including phenoxy) is 1. The third-order valence-electron chi connectivity index (χ3n) is 2.66. The van der Waals surface area contributed by atoms with Crippen molar-refractivity contribution in [1.29, 1.82) is 0 Å². The average Bonchev–Trinajstić information content (AvgIpc) is 2.41. The van der Waals surface area contributed by atoms with E-state index in [0.29, 0.717) is 6.07 Å². The van der Waals surface area contributed by atoms with Crippen LogP contribution in [-0.4, -0.2) is 42.0 Å². The minimum Gasteiger partial charge on any atom is -0.477 e. The summed E-state index contributed by atoms with van der Waals surface area (Å²) in [5.41, 5.74) is -2.71. The van der Waals surface area contributed by atoms with E-state index in [9.17, 15) is 26.8 Å². The van der Waals surface area contributed by atoms with E-state index in [1.165, 1.54) is 20.8 Å². The minimum absolute atomic E-state index is 0.116. The molecule has 0 saturated carbocycles. The second kappa shape index (κ2) is 7.67. The van der Waals surface area contributed by atoms with Gasteiger partial charge in [0.25, 0.3) is 0 Å². The number of carboxylic acids is 1. The summed E-state index contributed by atoms with van der Waals surface area (Å²) in [6, 6.07) is 1.57. The third-order valence-corrected chi connectivity index (χ3v) is 3.55. The maximum atomic E-state index is 14.0. The van der Waals surface area contributed by atoms with Crippen molar-refractivity contribution in [2.75, 3.05) is 6.54 Å². The van der Waals surface area contributed by atoms with Crippen molar-refractivity contribution >= 4 is 22.3 Å². The summed E-state index contributed by atoms with van der Waals surface area (Å²) in [6.07, 6.45) is -1.29. The molecule has 0 aliphatic rings. The lowest BCUT2D eigenvalue weighted by Gasteiger charge is -2.24. The third kappa shape index (κ3) is 5.68. The number of amides is 1. The summed E-state index contributed by atoms with van der Waals surface area (Å²) in [5, 5.41) is 13.7. The van der Waals surface area contributed by atoms with Gasteiger partial charge >= 0.3 is 22.3 Å². The lowest BCUT2D eigenvalue weighted by molar-refractivity contribution is 0.0406. The van der Waals surface area contributed by atoms with Crippen molar-refractivity contribution in [1.82, 2.24) is 4.31 Å². The Morgan fingerprint density at radius 2 is 1.88 bits per heavy atom. The van der Waals surface area contributed by atoms with Crippen molar-refractivity contribution in [2.24, 2.45) is 5.14 Å². The Hall–Kier alpha value is -2.71. The molecule has 0 saturated heterocycles. The summed E-state index contributed by atoms with van der Waals surface area (Å²) in [5.74, 6) is -0.254. The predicted octanol–water partition coefficient (Wildman–Crippen LogP) is 1.46. The second-order valence-corrected chi connectivity index (χ2v) is 7.39. The Balaban J connectivity index is 3.15. The molecule has 0 atom stereocenters. The van der Waals surface area contributed by atoms with Gasteiger partial charge in [-0.3, -0.25) is 0 Å². The van der Waals surface area contributed by atoms with Crippen molar-refractivity contribution in [3.63, 3.8) is 0 Å². The Bertz CT molecular complexity index is 897. The van der Waals surface area contributed by atoms with Gasteiger partial charge in [0, 0.05) is 0 Å². The van der Waals surface area contributed by atoms with E-state index in [1.807, 2.05) is 0 Å². The Labute approximate surface area is 148 Å². The van der Waals surface area contributed by atoms with Gasteiger partial charge in [-0.1, -0.05) is 11.8 Å². The van der Waals surface area contributed by atoms with Crippen LogP contribution in [0.2, 0.25) is 0 Å². The van der Waals surface area contributed by atoms with E-state index < -0.39 is 57.2 Å². The molecule has 142 valence electrons. The summed E-state index contributed by atoms with van der Waals surface area (Å²) in [4.78, 5) is 22.7. The minimum atomic E-state index is -4.52. The number of carboxylic acid groups (broad SMARTS) is 1. The van der Waals surface area contributed by atoms with Crippen molar-refractivity contribution in [3.05, 3.63) is 34.9 Å². The number of carbonyl (C=O) groups excluding carboxylic acids is 1. The number of rotatable bonds is 3. The highest BCUT2D eigenvalue weighted by molar-refractivity contribution is 7.87. The lowest BCUT2D eigenvalue weighted by atomic mass is 10.1. The van der Waals surface area contributed by atoms with Crippen LogP contribution in [0.5, 0.6) is 0 Å². The van der Waals surface area contributed by atoms with Gasteiger partial charge in [0.2, 0.25) is 0 Å². The molecular weight excluding hydrogens is 374 g/mol. The number of aromatic carboxylic acids is 1. The summed E-state index contributed by atoms with van der Waals surface area (Å²) in [6.45, 7) is 3.71. The van der Waals surface area contributed by atoms with Crippen molar-refractivity contribution < 1.29 is 36.6 Å². The van der Waals surface area contributed by atoms with Gasteiger partial charge in [0.05, 0.1) is 5.56 Å². The number of halogens is 2. The molecule has 0 bridgehead atoms. The molecule has 0 unspecified atom stereocenters. The Kier molecular flexibility index (Phi) is 6.29. The number of hydrogen-bond donors (Lipinski definition) is 2. The molecule has 26 heavy (non-hydrogen) atoms. The van der Waals surface area contributed by atoms with Gasteiger partial charge in [-0.15, -0.1) is 0 Å². The summed E-state index contributed by atoms with van der Waals surface area (Å²) >= 11 is 0. The number of carbonyl (C=O) groups is 2. The molecule has 0 heterocycles. The topological polar surface area (TPSA) is 127 Å². The molecule has 0 fully saturated rings. The molecule has 8 nitrogen and oxygen atoms in total. The number of nitrogens with zero attached hydrogens (tertiary/aromatic N) is 1. The highest BCUT2D eigenvalue weighted by Gasteiger charge is 2.28. The van der Waals surface area contributed by atoms with Crippen molar-refractivity contribution in [3.8, 4) is 11.8 Å². The summed E-state index contributed by atoms with van der Waals surface area (Å²) in [7, 11) is -4.52. The molecule has 1 aromatic carbocycles. The smallest absolute Gasteiger partial charge is 0.426 e. The molecule has 0 aliphatic carbocycles.